The number of para-hydroxylation sites is 3. The minimum Gasteiger partial charge on any atom is -0.495 e. The number of nitrogens with one attached hydrogen (secondary N) is 1. The van der Waals surface area contributed by atoms with E-state index in [-0.39, 0.29) is 19.1 Å². The predicted molar refractivity (Wildman–Crippen MR) is 87.4 cm³/mol. The normalized spacial score (nSPS) is 10.1. The number of carbonyl (C=O) groups is 1. The summed E-state index contributed by atoms with van der Waals surface area (Å²) in [5, 5.41) is 12.0. The second kappa shape index (κ2) is 8.05. The number of aliphatic hydroxyl groups is 1. The van der Waals surface area contributed by atoms with E-state index in [0.29, 0.717) is 18.0 Å². The molecule has 0 fully saturated rings. The van der Waals surface area contributed by atoms with Gasteiger partial charge in [-0.1, -0.05) is 30.3 Å². The zero-order chi connectivity index (χ0) is 15.8. The first-order chi connectivity index (χ1) is 10.7. The first kappa shape index (κ1) is 15.9. The molecule has 0 saturated carbocycles. The van der Waals surface area contributed by atoms with Crippen molar-refractivity contribution in [3.63, 3.8) is 0 Å². The number of ether oxygens (including phenoxy) is 1. The average molecular weight is 300 g/mol. The van der Waals surface area contributed by atoms with Crippen LogP contribution in [0.4, 0.5) is 11.4 Å². The topological polar surface area (TPSA) is 61.8 Å². The van der Waals surface area contributed by atoms with Crippen molar-refractivity contribution < 1.29 is 14.6 Å². The molecule has 2 aromatic rings. The van der Waals surface area contributed by atoms with E-state index in [4.69, 9.17) is 4.74 Å². The summed E-state index contributed by atoms with van der Waals surface area (Å²) in [5.74, 6) is 0.450. The second-order valence-corrected chi connectivity index (χ2v) is 4.73. The van der Waals surface area contributed by atoms with Crippen molar-refractivity contribution in [2.75, 3.05) is 37.0 Å². The van der Waals surface area contributed by atoms with Crippen LogP contribution in [-0.4, -0.2) is 37.8 Å². The quantitative estimate of drug-likeness (QED) is 0.822. The fraction of sp³-hybridized carbons (Fsp3) is 0.235. The molecule has 0 aliphatic rings. The number of rotatable bonds is 7. The summed E-state index contributed by atoms with van der Waals surface area (Å²) >= 11 is 0. The number of amides is 1. The molecule has 0 aliphatic carbocycles. The van der Waals surface area contributed by atoms with E-state index < -0.39 is 0 Å². The Morgan fingerprint density at radius 2 is 1.82 bits per heavy atom. The van der Waals surface area contributed by atoms with E-state index in [2.05, 4.69) is 5.32 Å². The predicted octanol–water partition coefficient (Wildman–Crippen LogP) is 2.13. The molecule has 0 heterocycles. The second-order valence-electron chi connectivity index (χ2n) is 4.73. The molecule has 116 valence electrons. The van der Waals surface area contributed by atoms with Crippen molar-refractivity contribution in [1.29, 1.82) is 0 Å². The van der Waals surface area contributed by atoms with Gasteiger partial charge in [0.2, 0.25) is 5.91 Å². The van der Waals surface area contributed by atoms with E-state index in [1.807, 2.05) is 47.4 Å². The summed E-state index contributed by atoms with van der Waals surface area (Å²) in [4.78, 5) is 14.1. The van der Waals surface area contributed by atoms with Gasteiger partial charge < -0.3 is 20.1 Å². The van der Waals surface area contributed by atoms with Gasteiger partial charge in [0.15, 0.2) is 0 Å². The lowest BCUT2D eigenvalue weighted by Crippen LogP contribution is -2.35. The van der Waals surface area contributed by atoms with Gasteiger partial charge in [-0.15, -0.1) is 0 Å². The fourth-order valence-electron chi connectivity index (χ4n) is 2.17. The molecule has 2 rings (SSSR count). The van der Waals surface area contributed by atoms with Gasteiger partial charge in [0.1, 0.15) is 5.75 Å². The number of aliphatic hydroxyl groups excluding tert-OH is 1. The van der Waals surface area contributed by atoms with Crippen LogP contribution < -0.4 is 15.0 Å². The third-order valence-corrected chi connectivity index (χ3v) is 3.21. The Bertz CT molecular complexity index is 602. The van der Waals surface area contributed by atoms with Crippen molar-refractivity contribution >= 4 is 17.3 Å². The zero-order valence-corrected chi connectivity index (χ0v) is 12.5. The smallest absolute Gasteiger partial charge is 0.243 e. The van der Waals surface area contributed by atoms with Crippen molar-refractivity contribution in [3.8, 4) is 5.75 Å². The van der Waals surface area contributed by atoms with Crippen molar-refractivity contribution in [2.45, 2.75) is 0 Å². The molecular formula is C17H20N2O3. The molecule has 5 nitrogen and oxygen atoms in total. The van der Waals surface area contributed by atoms with E-state index in [1.54, 1.807) is 19.2 Å². The third kappa shape index (κ3) is 4.23. The van der Waals surface area contributed by atoms with Crippen LogP contribution in [0.5, 0.6) is 5.75 Å². The number of hydrogen-bond acceptors (Lipinski definition) is 4. The van der Waals surface area contributed by atoms with Gasteiger partial charge in [-0.2, -0.15) is 0 Å². The maximum absolute atomic E-state index is 12.2. The highest BCUT2D eigenvalue weighted by atomic mass is 16.5. The molecule has 2 aromatic carbocycles. The summed E-state index contributed by atoms with van der Waals surface area (Å²) in [6, 6.07) is 16.8. The molecular weight excluding hydrogens is 280 g/mol. The largest absolute Gasteiger partial charge is 0.495 e. The van der Waals surface area contributed by atoms with E-state index >= 15 is 0 Å². The minimum absolute atomic E-state index is 0.0170. The maximum Gasteiger partial charge on any atom is 0.243 e. The molecule has 0 spiro atoms. The highest BCUT2D eigenvalue weighted by Gasteiger charge is 2.12. The first-order valence-electron chi connectivity index (χ1n) is 7.08. The van der Waals surface area contributed by atoms with Crippen molar-refractivity contribution in [2.24, 2.45) is 0 Å². The average Bonchev–Trinajstić information content (AvgIpc) is 2.56. The number of carbonyl (C=O) groups excluding carboxylic acids is 1. The van der Waals surface area contributed by atoms with E-state index in [0.717, 1.165) is 5.69 Å². The van der Waals surface area contributed by atoms with Gasteiger partial charge >= 0.3 is 0 Å². The van der Waals surface area contributed by atoms with Crippen LogP contribution in [0.1, 0.15) is 0 Å². The van der Waals surface area contributed by atoms with E-state index in [1.165, 1.54) is 0 Å². The van der Waals surface area contributed by atoms with Crippen molar-refractivity contribution in [1.82, 2.24) is 0 Å². The van der Waals surface area contributed by atoms with Crippen LogP contribution in [0.3, 0.4) is 0 Å². The van der Waals surface area contributed by atoms with E-state index in [9.17, 15) is 9.90 Å². The van der Waals surface area contributed by atoms with Gasteiger partial charge in [0, 0.05) is 12.2 Å². The van der Waals surface area contributed by atoms with Gasteiger partial charge in [0.25, 0.3) is 0 Å². The summed E-state index contributed by atoms with van der Waals surface area (Å²) in [6.45, 7) is 0.531. The molecule has 5 heteroatoms. The first-order valence-corrected chi connectivity index (χ1v) is 7.08. The Labute approximate surface area is 130 Å². The van der Waals surface area contributed by atoms with Gasteiger partial charge in [-0.25, -0.2) is 0 Å². The highest BCUT2D eigenvalue weighted by molar-refractivity contribution is 5.95. The molecule has 0 bridgehead atoms. The van der Waals surface area contributed by atoms with Crippen molar-refractivity contribution in [3.05, 3.63) is 54.6 Å². The minimum atomic E-state index is -0.165. The van der Waals surface area contributed by atoms with Crippen LogP contribution in [0.15, 0.2) is 54.6 Å². The molecule has 0 unspecified atom stereocenters. The molecule has 22 heavy (non-hydrogen) atoms. The van der Waals surface area contributed by atoms with Gasteiger partial charge in [-0.05, 0) is 24.3 Å². The lowest BCUT2D eigenvalue weighted by molar-refractivity contribution is -0.115. The highest BCUT2D eigenvalue weighted by Crippen LogP contribution is 2.23. The molecule has 1 amide bonds. The Morgan fingerprint density at radius 3 is 2.50 bits per heavy atom. The van der Waals surface area contributed by atoms with Crippen LogP contribution in [-0.2, 0) is 4.79 Å². The maximum atomic E-state index is 12.2. The van der Waals surface area contributed by atoms with Crippen LogP contribution >= 0.6 is 0 Å². The number of anilines is 2. The molecule has 0 aliphatic heterocycles. The van der Waals surface area contributed by atoms with Crippen LogP contribution in [0, 0.1) is 0 Å². The zero-order valence-electron chi connectivity index (χ0n) is 12.5. The number of methoxy groups -OCH3 is 1. The lowest BCUT2D eigenvalue weighted by Gasteiger charge is -2.23. The van der Waals surface area contributed by atoms with Gasteiger partial charge in [-0.3, -0.25) is 4.79 Å². The molecule has 0 aromatic heterocycles. The summed E-state index contributed by atoms with van der Waals surface area (Å²) in [6.07, 6.45) is 0. The van der Waals surface area contributed by atoms with Crippen LogP contribution in [0.25, 0.3) is 0 Å². The number of benzene rings is 2. The lowest BCUT2D eigenvalue weighted by atomic mass is 10.2. The monoisotopic (exact) mass is 300 g/mol. The van der Waals surface area contributed by atoms with Gasteiger partial charge in [0.05, 0.1) is 25.9 Å². The molecule has 0 atom stereocenters. The summed E-state index contributed by atoms with van der Waals surface area (Å²) < 4.78 is 5.22. The Kier molecular flexibility index (Phi) is 5.80. The number of nitrogens with zero attached hydrogens (tertiary/aromatic N) is 1. The SMILES string of the molecule is COc1ccccc1NC(=O)CN(CCO)c1ccccc1. The van der Waals surface area contributed by atoms with Crippen LogP contribution in [0.2, 0.25) is 0 Å². The Morgan fingerprint density at radius 1 is 1.14 bits per heavy atom. The molecule has 0 saturated heterocycles. The standard InChI is InChI=1S/C17H20N2O3/c1-22-16-10-6-5-9-15(16)18-17(21)13-19(11-12-20)14-7-3-2-4-8-14/h2-10,20H,11-13H2,1H3,(H,18,21). The summed E-state index contributed by atoms with van der Waals surface area (Å²) in [7, 11) is 1.56. The summed E-state index contributed by atoms with van der Waals surface area (Å²) in [5.41, 5.74) is 1.53. The molecule has 2 N–H and O–H groups in total. The Hall–Kier alpha value is -2.53. The number of hydrogen-bond donors (Lipinski definition) is 2. The molecule has 0 radical (unpaired) electrons. The fourth-order valence-corrected chi connectivity index (χ4v) is 2.17. The Balaban J connectivity index is 2.05. The third-order valence-electron chi connectivity index (χ3n) is 3.21.